The van der Waals surface area contributed by atoms with Crippen LogP contribution in [0.25, 0.3) is 0 Å². The number of hydrogen-bond donors (Lipinski definition) is 1. The fourth-order valence-corrected chi connectivity index (χ4v) is 1.27. The van der Waals surface area contributed by atoms with E-state index in [1.807, 2.05) is 24.3 Å². The van der Waals surface area contributed by atoms with Gasteiger partial charge in [-0.15, -0.1) is 0 Å². The normalized spacial score (nSPS) is 9.86. The van der Waals surface area contributed by atoms with Gasteiger partial charge >= 0.3 is 0 Å². The summed E-state index contributed by atoms with van der Waals surface area (Å²) in [7, 11) is 1.51. The van der Waals surface area contributed by atoms with Gasteiger partial charge in [-0.1, -0.05) is 25.1 Å². The highest BCUT2D eigenvalue weighted by Crippen LogP contribution is 2.14. The number of aryl methyl sites for hydroxylation is 1. The molecule has 1 rings (SSSR count). The van der Waals surface area contributed by atoms with E-state index in [0.29, 0.717) is 0 Å². The van der Waals surface area contributed by atoms with Crippen molar-refractivity contribution in [2.24, 2.45) is 0 Å². The molecular formula is C11H15NO2. The summed E-state index contributed by atoms with van der Waals surface area (Å²) in [5.74, 6) is -0.117. The second-order valence-electron chi connectivity index (χ2n) is 2.99. The SMILES string of the molecule is CCc1ccccc1NC(=O)COC. The molecule has 0 aromatic heterocycles. The molecule has 0 aliphatic carbocycles. The number of carbonyl (C=O) groups is 1. The van der Waals surface area contributed by atoms with Crippen LogP contribution in [0.5, 0.6) is 0 Å². The summed E-state index contributed by atoms with van der Waals surface area (Å²) in [5, 5.41) is 2.80. The first-order valence-electron chi connectivity index (χ1n) is 4.64. The van der Waals surface area contributed by atoms with Gasteiger partial charge in [0.1, 0.15) is 6.61 Å². The van der Waals surface area contributed by atoms with E-state index >= 15 is 0 Å². The molecule has 1 amide bonds. The van der Waals surface area contributed by atoms with E-state index in [4.69, 9.17) is 4.74 Å². The van der Waals surface area contributed by atoms with Crippen LogP contribution in [0.2, 0.25) is 0 Å². The van der Waals surface area contributed by atoms with Gasteiger partial charge in [0.2, 0.25) is 5.91 Å². The first-order chi connectivity index (χ1) is 6.77. The molecule has 1 aromatic rings. The summed E-state index contributed by atoms with van der Waals surface area (Å²) in [6, 6.07) is 7.77. The van der Waals surface area contributed by atoms with Gasteiger partial charge in [0.15, 0.2) is 0 Å². The molecule has 76 valence electrons. The van der Waals surface area contributed by atoms with Crippen molar-refractivity contribution in [3.8, 4) is 0 Å². The van der Waals surface area contributed by atoms with E-state index in [0.717, 1.165) is 17.7 Å². The molecule has 0 unspecified atom stereocenters. The van der Waals surface area contributed by atoms with Crippen molar-refractivity contribution in [1.29, 1.82) is 0 Å². The monoisotopic (exact) mass is 193 g/mol. The number of hydrogen-bond acceptors (Lipinski definition) is 2. The van der Waals surface area contributed by atoms with Gasteiger partial charge in [-0.3, -0.25) is 4.79 Å². The van der Waals surface area contributed by atoms with Crippen LogP contribution in [0.4, 0.5) is 5.69 Å². The molecule has 0 atom stereocenters. The first kappa shape index (κ1) is 10.7. The Morgan fingerprint density at radius 2 is 2.14 bits per heavy atom. The lowest BCUT2D eigenvalue weighted by Gasteiger charge is -2.08. The van der Waals surface area contributed by atoms with E-state index in [1.165, 1.54) is 7.11 Å². The number of nitrogens with one attached hydrogen (secondary N) is 1. The van der Waals surface area contributed by atoms with Crippen molar-refractivity contribution >= 4 is 11.6 Å². The zero-order valence-corrected chi connectivity index (χ0v) is 8.54. The molecule has 0 saturated heterocycles. The Balaban J connectivity index is 2.70. The Morgan fingerprint density at radius 1 is 1.43 bits per heavy atom. The Hall–Kier alpha value is -1.35. The van der Waals surface area contributed by atoms with Gasteiger partial charge in [-0.2, -0.15) is 0 Å². The second kappa shape index (κ2) is 5.40. The standard InChI is InChI=1S/C11H15NO2/c1-3-9-6-4-5-7-10(9)12-11(13)8-14-2/h4-7H,3,8H2,1-2H3,(H,12,13). The van der Waals surface area contributed by atoms with E-state index in [2.05, 4.69) is 12.2 Å². The highest BCUT2D eigenvalue weighted by atomic mass is 16.5. The molecule has 0 saturated carbocycles. The van der Waals surface area contributed by atoms with Crippen LogP contribution in [0.1, 0.15) is 12.5 Å². The number of benzene rings is 1. The fourth-order valence-electron chi connectivity index (χ4n) is 1.27. The number of carbonyl (C=O) groups excluding carboxylic acids is 1. The number of methoxy groups -OCH3 is 1. The van der Waals surface area contributed by atoms with E-state index < -0.39 is 0 Å². The predicted molar refractivity (Wildman–Crippen MR) is 56.3 cm³/mol. The zero-order valence-electron chi connectivity index (χ0n) is 8.54. The number of para-hydroxylation sites is 1. The second-order valence-corrected chi connectivity index (χ2v) is 2.99. The predicted octanol–water partition coefficient (Wildman–Crippen LogP) is 1.83. The lowest BCUT2D eigenvalue weighted by molar-refractivity contribution is -0.119. The van der Waals surface area contributed by atoms with Crippen LogP contribution < -0.4 is 5.32 Å². The topological polar surface area (TPSA) is 38.3 Å². The molecule has 0 aliphatic heterocycles. The van der Waals surface area contributed by atoms with Crippen molar-refractivity contribution in [3.63, 3.8) is 0 Å². The highest BCUT2D eigenvalue weighted by molar-refractivity contribution is 5.92. The number of anilines is 1. The molecule has 0 fully saturated rings. The van der Waals surface area contributed by atoms with Gasteiger partial charge in [-0.05, 0) is 18.1 Å². The maximum absolute atomic E-state index is 11.2. The molecular weight excluding hydrogens is 178 g/mol. The van der Waals surface area contributed by atoms with Crippen LogP contribution in [-0.4, -0.2) is 19.6 Å². The molecule has 1 aromatic carbocycles. The minimum Gasteiger partial charge on any atom is -0.375 e. The summed E-state index contributed by atoms with van der Waals surface area (Å²) in [5.41, 5.74) is 2.01. The first-order valence-corrected chi connectivity index (χ1v) is 4.64. The van der Waals surface area contributed by atoms with Crippen molar-refractivity contribution < 1.29 is 9.53 Å². The maximum Gasteiger partial charge on any atom is 0.250 e. The third-order valence-corrected chi connectivity index (χ3v) is 1.95. The third kappa shape index (κ3) is 2.85. The van der Waals surface area contributed by atoms with Crippen LogP contribution >= 0.6 is 0 Å². The maximum atomic E-state index is 11.2. The molecule has 0 radical (unpaired) electrons. The molecule has 3 heteroatoms. The Bertz CT molecular complexity index is 310. The van der Waals surface area contributed by atoms with Crippen molar-refractivity contribution in [1.82, 2.24) is 0 Å². The fraction of sp³-hybridized carbons (Fsp3) is 0.364. The number of amides is 1. The van der Waals surface area contributed by atoms with Crippen LogP contribution in [-0.2, 0) is 16.0 Å². The van der Waals surface area contributed by atoms with Gasteiger partial charge < -0.3 is 10.1 Å². The molecule has 0 bridgehead atoms. The highest BCUT2D eigenvalue weighted by Gasteiger charge is 2.03. The Kier molecular flexibility index (Phi) is 4.13. The van der Waals surface area contributed by atoms with Gasteiger partial charge in [-0.25, -0.2) is 0 Å². The lowest BCUT2D eigenvalue weighted by atomic mass is 10.1. The average Bonchev–Trinajstić information content (AvgIpc) is 2.19. The van der Waals surface area contributed by atoms with Crippen LogP contribution in [0.3, 0.4) is 0 Å². The molecule has 0 heterocycles. The largest absolute Gasteiger partial charge is 0.375 e. The van der Waals surface area contributed by atoms with Crippen LogP contribution in [0, 0.1) is 0 Å². The molecule has 1 N–H and O–H groups in total. The van der Waals surface area contributed by atoms with Gasteiger partial charge in [0.25, 0.3) is 0 Å². The van der Waals surface area contributed by atoms with Crippen molar-refractivity contribution in [2.45, 2.75) is 13.3 Å². The minimum absolute atomic E-state index is 0.0953. The third-order valence-electron chi connectivity index (χ3n) is 1.95. The summed E-state index contributed by atoms with van der Waals surface area (Å²) in [6.45, 7) is 2.15. The zero-order chi connectivity index (χ0) is 10.4. The molecule has 0 spiro atoms. The molecule has 3 nitrogen and oxygen atoms in total. The van der Waals surface area contributed by atoms with Gasteiger partial charge in [0.05, 0.1) is 0 Å². The Morgan fingerprint density at radius 3 is 2.79 bits per heavy atom. The van der Waals surface area contributed by atoms with E-state index in [9.17, 15) is 4.79 Å². The van der Waals surface area contributed by atoms with Crippen molar-refractivity contribution in [3.05, 3.63) is 29.8 Å². The van der Waals surface area contributed by atoms with Crippen molar-refractivity contribution in [2.75, 3.05) is 19.0 Å². The van der Waals surface area contributed by atoms with Gasteiger partial charge in [0, 0.05) is 12.8 Å². The quantitative estimate of drug-likeness (QED) is 0.792. The number of ether oxygens (including phenoxy) is 1. The summed E-state index contributed by atoms with van der Waals surface area (Å²) < 4.78 is 4.74. The average molecular weight is 193 g/mol. The number of rotatable bonds is 4. The summed E-state index contributed by atoms with van der Waals surface area (Å²) >= 11 is 0. The van der Waals surface area contributed by atoms with E-state index in [1.54, 1.807) is 0 Å². The summed E-state index contributed by atoms with van der Waals surface area (Å²) in [4.78, 5) is 11.2. The van der Waals surface area contributed by atoms with E-state index in [-0.39, 0.29) is 12.5 Å². The molecule has 0 aliphatic rings. The smallest absolute Gasteiger partial charge is 0.250 e. The van der Waals surface area contributed by atoms with Crippen LogP contribution in [0.15, 0.2) is 24.3 Å². The lowest BCUT2D eigenvalue weighted by Crippen LogP contribution is -2.17. The molecule has 14 heavy (non-hydrogen) atoms. The Labute approximate surface area is 84.1 Å². The minimum atomic E-state index is -0.117. The summed E-state index contributed by atoms with van der Waals surface area (Å²) in [6.07, 6.45) is 0.906.